The molecule has 0 aliphatic rings. The Morgan fingerprint density at radius 1 is 1.19 bits per heavy atom. The fraction of sp³-hybridized carbons (Fsp3) is 0.150. The number of anilines is 3. The van der Waals surface area contributed by atoms with Crippen molar-refractivity contribution in [2.45, 2.75) is 13.8 Å². The molecular weight excluding hydrogens is 326 g/mol. The second kappa shape index (κ2) is 6.15. The Kier molecular flexibility index (Phi) is 3.80. The number of H-pyrrole nitrogens is 2. The third kappa shape index (κ3) is 2.75. The van der Waals surface area contributed by atoms with Crippen LogP contribution in [0.15, 0.2) is 48.8 Å². The number of imidazole rings is 1. The van der Waals surface area contributed by atoms with Crippen LogP contribution in [0.5, 0.6) is 0 Å². The molecule has 2 aromatic carbocycles. The average molecular weight is 346 g/mol. The Morgan fingerprint density at radius 2 is 1.96 bits per heavy atom. The molecule has 0 saturated carbocycles. The first kappa shape index (κ1) is 16.1. The van der Waals surface area contributed by atoms with Gasteiger partial charge in [0.15, 0.2) is 5.52 Å². The third-order valence-electron chi connectivity index (χ3n) is 4.56. The summed E-state index contributed by atoms with van der Waals surface area (Å²) >= 11 is 0. The number of carbonyl (C=O) groups is 1. The van der Waals surface area contributed by atoms with Crippen molar-refractivity contribution in [2.24, 2.45) is 0 Å². The number of amides is 1. The summed E-state index contributed by atoms with van der Waals surface area (Å²) in [5.74, 6) is 0.00700. The van der Waals surface area contributed by atoms with Gasteiger partial charge >= 0.3 is 0 Å². The van der Waals surface area contributed by atoms with Crippen LogP contribution in [0, 0.1) is 6.92 Å². The van der Waals surface area contributed by atoms with Gasteiger partial charge < -0.3 is 15.2 Å². The number of carbonyl (C=O) groups excluding carboxylic acids is 1. The van der Waals surface area contributed by atoms with Gasteiger partial charge in [0, 0.05) is 31.0 Å². The highest BCUT2D eigenvalue weighted by molar-refractivity contribution is 6.08. The lowest BCUT2D eigenvalue weighted by Crippen LogP contribution is -2.22. The monoisotopic (exact) mass is 346 g/mol. The zero-order chi connectivity index (χ0) is 18.3. The molecule has 6 heteroatoms. The van der Waals surface area contributed by atoms with Crippen LogP contribution >= 0.6 is 0 Å². The molecule has 2 heterocycles. The fourth-order valence-electron chi connectivity index (χ4n) is 3.14. The zero-order valence-electron chi connectivity index (χ0n) is 14.9. The van der Waals surface area contributed by atoms with Gasteiger partial charge in [0.05, 0.1) is 16.6 Å². The molecule has 3 N–H and O–H groups in total. The summed E-state index contributed by atoms with van der Waals surface area (Å²) in [7, 11) is 1.77. The van der Waals surface area contributed by atoms with Crippen molar-refractivity contribution in [3.8, 4) is 0 Å². The van der Waals surface area contributed by atoms with Crippen molar-refractivity contribution in [1.82, 2.24) is 9.97 Å². The molecule has 0 fully saturated rings. The number of nitrogens with zero attached hydrogens (tertiary/aromatic N) is 2. The summed E-state index contributed by atoms with van der Waals surface area (Å²) in [4.78, 5) is 24.1. The molecule has 2 aromatic heterocycles. The molecule has 0 radical (unpaired) electrons. The minimum absolute atomic E-state index is 0.00700. The number of benzene rings is 2. The summed E-state index contributed by atoms with van der Waals surface area (Å²) in [6.07, 6.45) is 1.71. The van der Waals surface area contributed by atoms with Crippen molar-refractivity contribution >= 4 is 44.9 Å². The SMILES string of the molecule is CC(=O)N(C)c1ccc(Nc2cc(C)[nH]c3ccc4nc[nH+]c4c23)cc1. The summed E-state index contributed by atoms with van der Waals surface area (Å²) < 4.78 is 0. The smallest absolute Gasteiger partial charge is 0.285 e. The van der Waals surface area contributed by atoms with E-state index in [2.05, 4.69) is 26.3 Å². The molecule has 0 aliphatic carbocycles. The van der Waals surface area contributed by atoms with Crippen LogP contribution < -0.4 is 15.2 Å². The van der Waals surface area contributed by atoms with Crippen LogP contribution in [0.4, 0.5) is 17.1 Å². The van der Waals surface area contributed by atoms with Crippen LogP contribution in [-0.2, 0) is 4.79 Å². The topological polar surface area (TPSA) is 75.2 Å². The number of aromatic amines is 2. The maximum Gasteiger partial charge on any atom is 0.285 e. The maximum absolute atomic E-state index is 11.5. The number of hydrogen-bond acceptors (Lipinski definition) is 3. The van der Waals surface area contributed by atoms with Crippen molar-refractivity contribution in [2.75, 3.05) is 17.3 Å². The molecular formula is C20H20N5O+. The molecule has 0 bridgehead atoms. The molecule has 130 valence electrons. The highest BCUT2D eigenvalue weighted by Crippen LogP contribution is 2.31. The van der Waals surface area contributed by atoms with Gasteiger partial charge in [0.2, 0.25) is 11.4 Å². The number of fused-ring (bicyclic) bond motifs is 3. The first-order chi connectivity index (χ1) is 12.5. The van der Waals surface area contributed by atoms with Crippen molar-refractivity contribution < 1.29 is 9.78 Å². The zero-order valence-corrected chi connectivity index (χ0v) is 14.9. The van der Waals surface area contributed by atoms with Crippen LogP contribution in [0.3, 0.4) is 0 Å². The first-order valence-electron chi connectivity index (χ1n) is 8.43. The van der Waals surface area contributed by atoms with Gasteiger partial charge in [-0.15, -0.1) is 0 Å². The predicted molar refractivity (Wildman–Crippen MR) is 104 cm³/mol. The molecule has 6 nitrogen and oxygen atoms in total. The molecule has 0 spiro atoms. The lowest BCUT2D eigenvalue weighted by molar-refractivity contribution is -0.343. The normalized spacial score (nSPS) is 11.0. The standard InChI is InChI=1S/C20H19N5O/c1-12-10-18(19-16(23-12)8-9-17-20(19)22-11-21-17)24-14-4-6-15(7-5-14)25(3)13(2)26/h4-11,23-24H,1-3H3/p+1. The van der Waals surface area contributed by atoms with Gasteiger partial charge in [-0.3, -0.25) is 4.79 Å². The molecule has 26 heavy (non-hydrogen) atoms. The van der Waals surface area contributed by atoms with Gasteiger partial charge in [0.25, 0.3) is 6.33 Å². The first-order valence-corrected chi connectivity index (χ1v) is 8.43. The van der Waals surface area contributed by atoms with Gasteiger partial charge in [0.1, 0.15) is 0 Å². The number of hydrogen-bond donors (Lipinski definition) is 2. The Morgan fingerprint density at radius 3 is 2.69 bits per heavy atom. The largest absolute Gasteiger partial charge is 0.358 e. The molecule has 0 unspecified atom stereocenters. The van der Waals surface area contributed by atoms with E-state index < -0.39 is 0 Å². The van der Waals surface area contributed by atoms with Crippen LogP contribution in [0.25, 0.3) is 21.9 Å². The Labute approximate surface area is 150 Å². The van der Waals surface area contributed by atoms with E-state index >= 15 is 0 Å². The Bertz CT molecular complexity index is 1110. The third-order valence-corrected chi connectivity index (χ3v) is 4.56. The number of aryl methyl sites for hydroxylation is 1. The second-order valence-corrected chi connectivity index (χ2v) is 6.40. The number of pyridine rings is 1. The summed E-state index contributed by atoms with van der Waals surface area (Å²) in [5.41, 5.74) is 6.84. The van der Waals surface area contributed by atoms with Crippen LogP contribution in [0.1, 0.15) is 12.6 Å². The number of nitrogens with one attached hydrogen (secondary N) is 3. The molecule has 0 saturated heterocycles. The summed E-state index contributed by atoms with van der Waals surface area (Å²) in [5, 5.41) is 4.56. The quantitative estimate of drug-likeness (QED) is 0.595. The highest BCUT2D eigenvalue weighted by Gasteiger charge is 2.14. The van der Waals surface area contributed by atoms with E-state index in [1.54, 1.807) is 25.2 Å². The molecule has 4 rings (SSSR count). The van der Waals surface area contributed by atoms with E-state index in [0.29, 0.717) is 0 Å². The Hall–Kier alpha value is -3.41. The van der Waals surface area contributed by atoms with E-state index in [4.69, 9.17) is 0 Å². The second-order valence-electron chi connectivity index (χ2n) is 6.40. The van der Waals surface area contributed by atoms with Gasteiger partial charge in [-0.2, -0.15) is 0 Å². The number of aromatic nitrogens is 3. The minimum atomic E-state index is 0.00700. The minimum Gasteiger partial charge on any atom is -0.358 e. The van der Waals surface area contributed by atoms with E-state index in [1.165, 1.54) is 0 Å². The Balaban J connectivity index is 1.77. The van der Waals surface area contributed by atoms with Crippen molar-refractivity contribution in [3.05, 3.63) is 54.5 Å². The van der Waals surface area contributed by atoms with Gasteiger partial charge in [-0.05, 0) is 54.4 Å². The number of rotatable bonds is 3. The summed E-state index contributed by atoms with van der Waals surface area (Å²) in [6.45, 7) is 3.59. The van der Waals surface area contributed by atoms with Crippen LogP contribution in [0.2, 0.25) is 0 Å². The lowest BCUT2D eigenvalue weighted by Gasteiger charge is -2.16. The van der Waals surface area contributed by atoms with E-state index in [1.807, 2.05) is 43.3 Å². The summed E-state index contributed by atoms with van der Waals surface area (Å²) in [6, 6.07) is 13.9. The predicted octanol–water partition coefficient (Wildman–Crippen LogP) is 3.56. The molecule has 4 aromatic rings. The van der Waals surface area contributed by atoms with E-state index in [-0.39, 0.29) is 5.91 Å². The van der Waals surface area contributed by atoms with Gasteiger partial charge in [-0.25, -0.2) is 4.98 Å². The maximum atomic E-state index is 11.5. The lowest BCUT2D eigenvalue weighted by atomic mass is 10.1. The molecule has 0 atom stereocenters. The average Bonchev–Trinajstić information content (AvgIpc) is 3.10. The fourth-order valence-corrected chi connectivity index (χ4v) is 3.14. The van der Waals surface area contributed by atoms with E-state index in [0.717, 1.165) is 44.7 Å². The van der Waals surface area contributed by atoms with Crippen molar-refractivity contribution in [1.29, 1.82) is 0 Å². The van der Waals surface area contributed by atoms with Crippen LogP contribution in [-0.4, -0.2) is 22.9 Å². The highest BCUT2D eigenvalue weighted by atomic mass is 16.2. The van der Waals surface area contributed by atoms with E-state index in [9.17, 15) is 4.79 Å². The van der Waals surface area contributed by atoms with Gasteiger partial charge in [-0.1, -0.05) is 0 Å². The molecule has 1 amide bonds. The van der Waals surface area contributed by atoms with Crippen molar-refractivity contribution in [3.63, 3.8) is 0 Å². The molecule has 0 aliphatic heterocycles.